The fourth-order valence-electron chi connectivity index (χ4n) is 13.4. The predicted octanol–water partition coefficient (Wildman–Crippen LogP) is 13.1. The second kappa shape index (κ2) is 29.9. The zero-order chi connectivity index (χ0) is 69.0. The summed E-state index contributed by atoms with van der Waals surface area (Å²) in [6.07, 6.45) is 9.75. The number of aromatic nitrogens is 2. The molecule has 1 amide bonds. The molecule has 9 atom stereocenters. The Balaban J connectivity index is 0.000000253. The molecule has 0 spiro atoms. The molecule has 96 heavy (non-hydrogen) atoms. The minimum Gasteiger partial charge on any atom is -0.507 e. The SMILES string of the molecule is CC(C)N=c1cc2n(-c3ccc(Cl)cc3)c3ccccc3nc-2cc1Nc1ccc(Cl)cc1.CO[C@H]1/C=C/O[C@@]2(C)Oc3c(C)c(O)c4c(O)c(c(/C=N\N5CCN(C6CCCC6)CC5)c(O)c4c3C2=O)NC(=O)/C(C)=C\C=C\[C@H](C)[C@H](O)[C@@H](C)[C@@H](O)[C@@H](C)[C@H](OC(C)=O)[C@@H]1C. The van der Waals surface area contributed by atoms with E-state index in [0.717, 1.165) is 57.9 Å². The Bertz CT molecular complexity index is 4200. The number of fused-ring (bicyclic) bond motifs is 16. The van der Waals surface area contributed by atoms with Gasteiger partial charge in [-0.05, 0) is 119 Å². The molecule has 0 aromatic heterocycles. The van der Waals surface area contributed by atoms with Gasteiger partial charge in [-0.1, -0.05) is 94.1 Å². The van der Waals surface area contributed by atoms with Crippen LogP contribution >= 0.6 is 23.2 Å². The number of benzene rings is 6. The molecular formula is C74H86Cl2N8O12. The number of anilines is 3. The van der Waals surface area contributed by atoms with Gasteiger partial charge in [-0.2, -0.15) is 5.10 Å². The highest BCUT2D eigenvalue weighted by Crippen LogP contribution is 2.55. The number of allylic oxidation sites excluding steroid dienone is 2. The number of carbonyl (C=O) groups excluding carboxylic acids is 3. The number of phenolic OH excluding ortho intramolecular Hbond substituents is 3. The van der Waals surface area contributed by atoms with E-state index in [1.807, 2.05) is 71.7 Å². The summed E-state index contributed by atoms with van der Waals surface area (Å²) >= 11 is 12.2. The first-order valence-corrected chi connectivity index (χ1v) is 33.4. The first-order valence-electron chi connectivity index (χ1n) is 32.7. The largest absolute Gasteiger partial charge is 0.507 e. The van der Waals surface area contributed by atoms with E-state index in [4.69, 9.17) is 52.1 Å². The fraction of sp³-hybridized carbons (Fsp3) is 0.405. The molecule has 20 nitrogen and oxygen atoms in total. The van der Waals surface area contributed by atoms with Crippen molar-refractivity contribution in [1.82, 2.24) is 19.5 Å². The molecule has 1 saturated carbocycles. The number of hydrogen-bond donors (Lipinski definition) is 7. The third kappa shape index (κ3) is 14.9. The van der Waals surface area contributed by atoms with Crippen LogP contribution in [0.3, 0.4) is 0 Å². The van der Waals surface area contributed by atoms with Gasteiger partial charge >= 0.3 is 11.8 Å². The quantitative estimate of drug-likeness (QED) is 0.0233. The van der Waals surface area contributed by atoms with Crippen molar-refractivity contribution in [2.75, 3.05) is 43.9 Å². The smallest absolute Gasteiger partial charge is 0.312 e. The molecule has 22 heteroatoms. The summed E-state index contributed by atoms with van der Waals surface area (Å²) in [7, 11) is 1.44. The van der Waals surface area contributed by atoms with Crippen LogP contribution in [0.25, 0.3) is 38.9 Å². The van der Waals surface area contributed by atoms with Crippen LogP contribution in [0.5, 0.6) is 23.0 Å². The number of nitrogens with zero attached hydrogens (tertiary/aromatic N) is 6. The number of para-hydroxylation sites is 2. The molecule has 5 aliphatic heterocycles. The maximum Gasteiger partial charge on any atom is 0.312 e. The number of aliphatic hydroxyl groups excluding tert-OH is 2. The van der Waals surface area contributed by atoms with Gasteiger partial charge in [0.25, 0.3) is 11.7 Å². The molecule has 2 aliphatic carbocycles. The molecule has 1 saturated heterocycles. The summed E-state index contributed by atoms with van der Waals surface area (Å²) in [5, 5.41) is 73.3. The molecule has 5 aromatic carbocycles. The molecule has 7 N–H and O–H groups in total. The molecule has 5 bridgehead atoms. The summed E-state index contributed by atoms with van der Waals surface area (Å²) in [5.74, 6) is -8.28. The third-order valence-corrected chi connectivity index (χ3v) is 19.3. The first kappa shape index (κ1) is 70.3. The highest BCUT2D eigenvalue weighted by Gasteiger charge is 2.50. The molecule has 12 rings (SSSR count). The maximum absolute atomic E-state index is 14.5. The number of hydrazone groups is 1. The fourth-order valence-corrected chi connectivity index (χ4v) is 13.6. The third-order valence-electron chi connectivity index (χ3n) is 18.8. The van der Waals surface area contributed by atoms with Crippen LogP contribution in [0.4, 0.5) is 17.1 Å². The van der Waals surface area contributed by atoms with Crippen molar-refractivity contribution in [2.24, 2.45) is 33.8 Å². The Kier molecular flexibility index (Phi) is 21.9. The van der Waals surface area contributed by atoms with Crippen LogP contribution in [-0.4, -0.2) is 144 Å². The molecular weight excluding hydrogens is 1260 g/mol. The van der Waals surface area contributed by atoms with Gasteiger partial charge in [-0.3, -0.25) is 29.3 Å². The second-order valence-corrected chi connectivity index (χ2v) is 26.8. The van der Waals surface area contributed by atoms with Crippen molar-refractivity contribution >= 4 is 85.9 Å². The number of phenols is 3. The molecule has 0 unspecified atom stereocenters. The number of aliphatic hydroxyl groups is 2. The topological polar surface area (TPSA) is 262 Å². The Hall–Kier alpha value is -8.50. The van der Waals surface area contributed by atoms with Crippen molar-refractivity contribution in [2.45, 2.75) is 137 Å². The number of amides is 1. The number of ether oxygens (including phenoxy) is 4. The average molecular weight is 1350 g/mol. The lowest BCUT2D eigenvalue weighted by Crippen LogP contribution is -2.47. The Morgan fingerprint density at radius 1 is 0.844 bits per heavy atom. The summed E-state index contributed by atoms with van der Waals surface area (Å²) < 4.78 is 25.9. The Morgan fingerprint density at radius 3 is 2.17 bits per heavy atom. The Labute approximate surface area is 569 Å². The van der Waals surface area contributed by atoms with Crippen LogP contribution in [-0.2, 0) is 23.8 Å². The van der Waals surface area contributed by atoms with Crippen molar-refractivity contribution in [3.8, 4) is 40.1 Å². The lowest BCUT2D eigenvalue weighted by molar-refractivity contribution is -0.160. The van der Waals surface area contributed by atoms with Crippen molar-refractivity contribution in [1.29, 1.82) is 0 Å². The molecule has 5 heterocycles. The van der Waals surface area contributed by atoms with Crippen LogP contribution < -0.4 is 20.7 Å². The predicted molar refractivity (Wildman–Crippen MR) is 375 cm³/mol. The van der Waals surface area contributed by atoms with Gasteiger partial charge in [0.15, 0.2) is 5.75 Å². The van der Waals surface area contributed by atoms with Gasteiger partial charge in [0.1, 0.15) is 23.4 Å². The van der Waals surface area contributed by atoms with Gasteiger partial charge in [-0.15, -0.1) is 0 Å². The summed E-state index contributed by atoms with van der Waals surface area (Å²) in [5.41, 5.74) is 6.30. The van der Waals surface area contributed by atoms with Crippen molar-refractivity contribution in [3.63, 3.8) is 0 Å². The number of methoxy groups -OCH3 is 1. The zero-order valence-electron chi connectivity index (χ0n) is 56.0. The number of ketones is 1. The zero-order valence-corrected chi connectivity index (χ0v) is 57.5. The van der Waals surface area contributed by atoms with Crippen molar-refractivity contribution < 1.29 is 58.9 Å². The highest BCUT2D eigenvalue weighted by atomic mass is 35.5. The van der Waals surface area contributed by atoms with Crippen molar-refractivity contribution in [3.05, 3.63) is 153 Å². The van der Waals surface area contributed by atoms with Gasteiger partial charge in [0.2, 0.25) is 0 Å². The number of nitrogens with one attached hydrogen (secondary N) is 2. The van der Waals surface area contributed by atoms with E-state index in [1.54, 1.807) is 39.8 Å². The molecule has 7 aliphatic rings. The van der Waals surface area contributed by atoms with Gasteiger partial charge in [-0.25, -0.2) is 4.98 Å². The van der Waals surface area contributed by atoms with Crippen LogP contribution in [0, 0.1) is 30.6 Å². The number of esters is 1. The molecule has 2 fully saturated rings. The maximum atomic E-state index is 14.5. The van der Waals surface area contributed by atoms with E-state index >= 15 is 0 Å². The number of piperazine rings is 1. The number of aromatic hydroxyl groups is 3. The first-order chi connectivity index (χ1) is 45.8. The monoisotopic (exact) mass is 1350 g/mol. The number of Topliss-reactive ketones (excluding diaryl/α,β-unsaturated/α-hetero) is 1. The number of halogens is 2. The summed E-state index contributed by atoms with van der Waals surface area (Å²) in [4.78, 5) is 53.1. The van der Waals surface area contributed by atoms with E-state index in [0.29, 0.717) is 29.2 Å². The second-order valence-electron chi connectivity index (χ2n) is 25.9. The van der Waals surface area contributed by atoms with E-state index < -0.39 is 88.8 Å². The lowest BCUT2D eigenvalue weighted by atomic mass is 9.78. The van der Waals surface area contributed by atoms with Crippen LogP contribution in [0.15, 0.2) is 131 Å². The van der Waals surface area contributed by atoms with E-state index in [-0.39, 0.29) is 50.5 Å². The van der Waals surface area contributed by atoms with Crippen LogP contribution in [0.1, 0.15) is 109 Å². The number of carbonyl (C=O) groups is 3. The van der Waals surface area contributed by atoms with E-state index in [2.05, 4.69) is 57.2 Å². The van der Waals surface area contributed by atoms with Gasteiger partial charge in [0, 0.05) is 121 Å². The molecule has 508 valence electrons. The molecule has 0 radical (unpaired) electrons. The van der Waals surface area contributed by atoms with E-state index in [1.165, 1.54) is 85.1 Å². The number of hydrogen-bond acceptors (Lipinski definition) is 18. The standard InChI is InChI=1S/C47H64N4O12.C27H22Cl2N4/c1-24-13-12-14-25(2)46(59)49-37-32(23-48-51-20-18-50(19-21-51)31-15-10-11-16-31)41(56)34-35(42(37)57)40(55)29(6)44-36(34)45(58)47(8,63-44)61-22-17-33(60-9)26(3)43(62-30(7)52)28(5)39(54)27(4)38(24)53;1-17(2)30-24-16-27-25(15-23(24)31-20-11-7-18(28)8-12-20)32-22-5-3-4-6-26(22)33(27)21-13-9-19(29)10-14-21/h12-14,17,22-24,26-28,31,33,38-39,43,53-57H,10-11,15-16,18-21H2,1-9H3,(H,49,59);3-17,31H,1-2H3/b13-12+,22-17+,25-14-,48-23-;/t24-,26+,27+,28+,33-,38-,39+,43+,47-;/m0./s1. The highest BCUT2D eigenvalue weighted by molar-refractivity contribution is 6.31. The normalized spacial score (nSPS) is 25.4. The minimum absolute atomic E-state index is 0.0631. The van der Waals surface area contributed by atoms with Gasteiger partial charge < -0.3 is 59.7 Å². The summed E-state index contributed by atoms with van der Waals surface area (Å²) in [6, 6.07) is 28.5. The van der Waals surface area contributed by atoms with E-state index in [9.17, 15) is 39.9 Å². The van der Waals surface area contributed by atoms with Gasteiger partial charge in [0.05, 0.1) is 86.5 Å². The average Bonchev–Trinajstić information content (AvgIpc) is 1.27. The molecule has 5 aromatic rings. The summed E-state index contributed by atoms with van der Waals surface area (Å²) in [6.45, 7) is 19.5. The van der Waals surface area contributed by atoms with Crippen LogP contribution in [0.2, 0.25) is 10.0 Å². The number of rotatable bonds is 9. The minimum atomic E-state index is -2.04. The lowest BCUT2D eigenvalue weighted by Gasteiger charge is -2.38. The Morgan fingerprint density at radius 2 is 1.51 bits per heavy atom.